The van der Waals surface area contributed by atoms with Crippen LogP contribution in [0.3, 0.4) is 0 Å². The standard InChI is InChI=1S/C15H22N2O3S/c1-21(19,20)14-6-2-5-13(10-14)17-15(18)8-7-12-4-3-9-16-11-12/h3-4,9,11,13-14H,2,5-8,10H2,1H3,(H,17,18)/t13-,14+/m0/s1. The Hall–Kier alpha value is -1.43. The first-order valence-corrected chi connectivity index (χ1v) is 9.28. The van der Waals surface area contributed by atoms with Crippen LogP contribution in [0, 0.1) is 0 Å². The van der Waals surface area contributed by atoms with Crippen LogP contribution in [0.5, 0.6) is 0 Å². The number of nitrogens with zero attached hydrogens (tertiary/aromatic N) is 1. The van der Waals surface area contributed by atoms with Crippen LogP contribution in [0.4, 0.5) is 0 Å². The number of nitrogens with one attached hydrogen (secondary N) is 1. The summed E-state index contributed by atoms with van der Waals surface area (Å²) in [6.45, 7) is 0. The second-order valence-corrected chi connectivity index (χ2v) is 8.07. The lowest BCUT2D eigenvalue weighted by molar-refractivity contribution is -0.121. The Kier molecular flexibility index (Phi) is 5.33. The van der Waals surface area contributed by atoms with Gasteiger partial charge in [-0.05, 0) is 37.3 Å². The molecule has 0 radical (unpaired) electrons. The molecule has 0 saturated heterocycles. The normalized spacial score (nSPS) is 22.7. The van der Waals surface area contributed by atoms with Gasteiger partial charge in [0, 0.05) is 31.1 Å². The monoisotopic (exact) mass is 310 g/mol. The fraction of sp³-hybridized carbons (Fsp3) is 0.600. The molecule has 2 rings (SSSR count). The van der Waals surface area contributed by atoms with Gasteiger partial charge in [-0.25, -0.2) is 8.42 Å². The zero-order chi connectivity index (χ0) is 15.3. The SMILES string of the molecule is CS(=O)(=O)[C@@H]1CCC[C@H](NC(=O)CCc2cccnc2)C1. The Morgan fingerprint density at radius 3 is 2.90 bits per heavy atom. The maximum Gasteiger partial charge on any atom is 0.220 e. The van der Waals surface area contributed by atoms with Crippen LogP contribution < -0.4 is 5.32 Å². The maximum atomic E-state index is 12.0. The van der Waals surface area contributed by atoms with E-state index in [4.69, 9.17) is 0 Å². The van der Waals surface area contributed by atoms with Gasteiger partial charge in [0.1, 0.15) is 9.84 Å². The topological polar surface area (TPSA) is 76.1 Å². The van der Waals surface area contributed by atoms with E-state index in [9.17, 15) is 13.2 Å². The van der Waals surface area contributed by atoms with Gasteiger partial charge in [-0.15, -0.1) is 0 Å². The summed E-state index contributed by atoms with van der Waals surface area (Å²) in [6, 6.07) is 3.78. The summed E-state index contributed by atoms with van der Waals surface area (Å²) in [5, 5.41) is 2.66. The van der Waals surface area contributed by atoms with Crippen molar-refractivity contribution in [3.63, 3.8) is 0 Å². The molecule has 0 bridgehead atoms. The molecular formula is C15H22N2O3S. The summed E-state index contributed by atoms with van der Waals surface area (Å²) in [6.07, 6.45) is 8.77. The number of carbonyl (C=O) groups excluding carboxylic acids is 1. The average molecular weight is 310 g/mol. The van der Waals surface area contributed by atoms with Crippen molar-refractivity contribution in [2.24, 2.45) is 0 Å². The van der Waals surface area contributed by atoms with E-state index in [0.29, 0.717) is 25.7 Å². The molecule has 0 aliphatic heterocycles. The summed E-state index contributed by atoms with van der Waals surface area (Å²) < 4.78 is 23.2. The molecule has 6 heteroatoms. The van der Waals surface area contributed by atoms with Gasteiger partial charge < -0.3 is 5.32 Å². The summed E-state index contributed by atoms with van der Waals surface area (Å²) in [4.78, 5) is 16.0. The van der Waals surface area contributed by atoms with Crippen LogP contribution in [0.25, 0.3) is 0 Å². The number of carbonyl (C=O) groups is 1. The summed E-state index contributed by atoms with van der Waals surface area (Å²) in [5.74, 6) is -0.0157. The molecule has 1 saturated carbocycles. The van der Waals surface area contributed by atoms with E-state index in [-0.39, 0.29) is 17.2 Å². The molecule has 1 aromatic rings. The Balaban J connectivity index is 1.80. The van der Waals surface area contributed by atoms with Gasteiger partial charge in [-0.3, -0.25) is 9.78 Å². The zero-order valence-corrected chi connectivity index (χ0v) is 13.1. The smallest absolute Gasteiger partial charge is 0.220 e. The molecule has 1 aliphatic carbocycles. The van der Waals surface area contributed by atoms with E-state index in [1.54, 1.807) is 12.4 Å². The molecule has 1 aliphatic rings. The molecule has 5 nitrogen and oxygen atoms in total. The molecular weight excluding hydrogens is 288 g/mol. The fourth-order valence-corrected chi connectivity index (χ4v) is 3.95. The summed E-state index contributed by atoms with van der Waals surface area (Å²) >= 11 is 0. The Labute approximate surface area is 126 Å². The third-order valence-corrected chi connectivity index (χ3v) is 5.60. The van der Waals surface area contributed by atoms with Crippen molar-refractivity contribution in [2.75, 3.05) is 6.26 Å². The van der Waals surface area contributed by atoms with Crippen molar-refractivity contribution < 1.29 is 13.2 Å². The number of rotatable bonds is 5. The highest BCUT2D eigenvalue weighted by Gasteiger charge is 2.29. The van der Waals surface area contributed by atoms with E-state index in [2.05, 4.69) is 10.3 Å². The van der Waals surface area contributed by atoms with Crippen molar-refractivity contribution in [3.05, 3.63) is 30.1 Å². The summed E-state index contributed by atoms with van der Waals surface area (Å²) in [5.41, 5.74) is 1.03. The maximum absolute atomic E-state index is 12.0. The molecule has 21 heavy (non-hydrogen) atoms. The molecule has 116 valence electrons. The average Bonchev–Trinajstić information content (AvgIpc) is 2.46. The first kappa shape index (κ1) is 15.9. The van der Waals surface area contributed by atoms with Crippen LogP contribution in [-0.4, -0.2) is 36.9 Å². The third-order valence-electron chi connectivity index (χ3n) is 3.96. The minimum atomic E-state index is -3.01. The predicted octanol–water partition coefficient (Wildman–Crippen LogP) is 1.49. The first-order chi connectivity index (χ1) is 9.95. The molecule has 1 N–H and O–H groups in total. The molecule has 0 spiro atoms. The van der Waals surface area contributed by atoms with E-state index in [1.807, 2.05) is 12.1 Å². The van der Waals surface area contributed by atoms with Crippen LogP contribution >= 0.6 is 0 Å². The molecule has 1 heterocycles. The van der Waals surface area contributed by atoms with Gasteiger partial charge in [-0.1, -0.05) is 12.5 Å². The van der Waals surface area contributed by atoms with E-state index >= 15 is 0 Å². The van der Waals surface area contributed by atoms with Crippen molar-refractivity contribution in [3.8, 4) is 0 Å². The second-order valence-electron chi connectivity index (χ2n) is 5.74. The summed E-state index contributed by atoms with van der Waals surface area (Å²) in [7, 11) is -3.01. The highest BCUT2D eigenvalue weighted by molar-refractivity contribution is 7.91. The lowest BCUT2D eigenvalue weighted by Crippen LogP contribution is -2.41. The van der Waals surface area contributed by atoms with Gasteiger partial charge in [0.2, 0.25) is 5.91 Å². The number of pyridine rings is 1. The molecule has 1 aromatic heterocycles. The van der Waals surface area contributed by atoms with Crippen molar-refractivity contribution in [2.45, 2.75) is 49.8 Å². The molecule has 0 unspecified atom stereocenters. The number of hydrogen-bond donors (Lipinski definition) is 1. The zero-order valence-electron chi connectivity index (χ0n) is 12.3. The Morgan fingerprint density at radius 2 is 2.24 bits per heavy atom. The van der Waals surface area contributed by atoms with Crippen LogP contribution in [0.15, 0.2) is 24.5 Å². The van der Waals surface area contributed by atoms with Crippen LogP contribution in [0.1, 0.15) is 37.7 Å². The minimum absolute atomic E-state index is 0.0140. The molecule has 1 fully saturated rings. The number of hydrogen-bond acceptors (Lipinski definition) is 4. The van der Waals surface area contributed by atoms with E-state index in [0.717, 1.165) is 18.4 Å². The number of amides is 1. The van der Waals surface area contributed by atoms with Crippen molar-refractivity contribution in [1.29, 1.82) is 0 Å². The van der Waals surface area contributed by atoms with Gasteiger partial charge >= 0.3 is 0 Å². The lowest BCUT2D eigenvalue weighted by Gasteiger charge is -2.28. The second kappa shape index (κ2) is 7.02. The first-order valence-electron chi connectivity index (χ1n) is 7.32. The molecule has 0 aromatic carbocycles. The van der Waals surface area contributed by atoms with Gasteiger partial charge in [0.15, 0.2) is 0 Å². The highest BCUT2D eigenvalue weighted by atomic mass is 32.2. The van der Waals surface area contributed by atoms with Gasteiger partial charge in [0.25, 0.3) is 0 Å². The minimum Gasteiger partial charge on any atom is -0.353 e. The quantitative estimate of drug-likeness (QED) is 0.894. The lowest BCUT2D eigenvalue weighted by atomic mass is 9.95. The number of sulfone groups is 1. The molecule has 2 atom stereocenters. The van der Waals surface area contributed by atoms with Gasteiger partial charge in [-0.2, -0.15) is 0 Å². The van der Waals surface area contributed by atoms with Crippen molar-refractivity contribution in [1.82, 2.24) is 10.3 Å². The Morgan fingerprint density at radius 1 is 1.43 bits per heavy atom. The predicted molar refractivity (Wildman–Crippen MR) is 81.6 cm³/mol. The van der Waals surface area contributed by atoms with E-state index in [1.165, 1.54) is 6.26 Å². The Bertz CT molecular complexity index is 572. The van der Waals surface area contributed by atoms with E-state index < -0.39 is 9.84 Å². The van der Waals surface area contributed by atoms with Gasteiger partial charge in [0.05, 0.1) is 5.25 Å². The van der Waals surface area contributed by atoms with Crippen molar-refractivity contribution >= 4 is 15.7 Å². The number of aryl methyl sites for hydroxylation is 1. The largest absolute Gasteiger partial charge is 0.353 e. The third kappa shape index (κ3) is 5.12. The fourth-order valence-electron chi connectivity index (χ4n) is 2.77. The highest BCUT2D eigenvalue weighted by Crippen LogP contribution is 2.23. The van der Waals surface area contributed by atoms with Crippen LogP contribution in [0.2, 0.25) is 0 Å². The molecule has 1 amide bonds. The number of aromatic nitrogens is 1. The van der Waals surface area contributed by atoms with Crippen LogP contribution in [-0.2, 0) is 21.1 Å².